The standard InChI is InChI=1S/C16H17Br2NOS/c1-20-14-4-7-16(18)11(9-14)8-13(19)10-21-15-5-2-12(17)3-6-15/h2-7,9,13H,8,10,19H2,1H3. The van der Waals surface area contributed by atoms with Crippen molar-refractivity contribution in [3.05, 3.63) is 57.0 Å². The van der Waals surface area contributed by atoms with Gasteiger partial charge in [0, 0.05) is 25.6 Å². The molecule has 1 atom stereocenters. The summed E-state index contributed by atoms with van der Waals surface area (Å²) < 4.78 is 7.43. The normalized spacial score (nSPS) is 12.2. The molecule has 1 unspecified atom stereocenters. The van der Waals surface area contributed by atoms with Crippen molar-refractivity contribution in [3.8, 4) is 5.75 Å². The number of nitrogens with two attached hydrogens (primary N) is 1. The molecule has 0 saturated heterocycles. The molecule has 0 saturated carbocycles. The van der Waals surface area contributed by atoms with Gasteiger partial charge in [0.15, 0.2) is 0 Å². The zero-order valence-corrected chi connectivity index (χ0v) is 15.7. The highest BCUT2D eigenvalue weighted by molar-refractivity contribution is 9.10. The van der Waals surface area contributed by atoms with Crippen LogP contribution in [0.3, 0.4) is 0 Å². The summed E-state index contributed by atoms with van der Waals surface area (Å²) >= 11 is 8.79. The summed E-state index contributed by atoms with van der Waals surface area (Å²) in [5.41, 5.74) is 7.43. The molecule has 21 heavy (non-hydrogen) atoms. The molecule has 0 aliphatic heterocycles. The maximum Gasteiger partial charge on any atom is 0.119 e. The summed E-state index contributed by atoms with van der Waals surface area (Å²) in [5, 5.41) is 0. The van der Waals surface area contributed by atoms with Crippen molar-refractivity contribution in [2.24, 2.45) is 5.73 Å². The van der Waals surface area contributed by atoms with Crippen LogP contribution in [0.1, 0.15) is 5.56 Å². The summed E-state index contributed by atoms with van der Waals surface area (Å²) in [6.07, 6.45) is 0.821. The van der Waals surface area contributed by atoms with Gasteiger partial charge >= 0.3 is 0 Å². The SMILES string of the molecule is COc1ccc(Br)c(CC(N)CSc2ccc(Br)cc2)c1. The number of ether oxygens (including phenoxy) is 1. The first-order chi connectivity index (χ1) is 10.1. The van der Waals surface area contributed by atoms with E-state index in [1.165, 1.54) is 10.5 Å². The smallest absolute Gasteiger partial charge is 0.119 e. The monoisotopic (exact) mass is 429 g/mol. The summed E-state index contributed by atoms with van der Waals surface area (Å²) in [4.78, 5) is 1.23. The van der Waals surface area contributed by atoms with Crippen LogP contribution in [-0.2, 0) is 6.42 Å². The molecule has 2 aromatic rings. The highest BCUT2D eigenvalue weighted by atomic mass is 79.9. The van der Waals surface area contributed by atoms with Crippen LogP contribution in [0.2, 0.25) is 0 Å². The Kier molecular flexibility index (Phi) is 6.61. The number of hydrogen-bond acceptors (Lipinski definition) is 3. The predicted octanol–water partition coefficient (Wildman–Crippen LogP) is 4.88. The molecule has 0 bridgehead atoms. The van der Waals surface area contributed by atoms with Crippen LogP contribution >= 0.6 is 43.6 Å². The molecule has 0 aliphatic rings. The minimum absolute atomic E-state index is 0.0991. The molecule has 2 nitrogen and oxygen atoms in total. The number of methoxy groups -OCH3 is 1. The lowest BCUT2D eigenvalue weighted by Gasteiger charge is -2.13. The van der Waals surface area contributed by atoms with Gasteiger partial charge in [0.05, 0.1) is 7.11 Å². The third-order valence-corrected chi connectivity index (χ3v) is 5.52. The second-order valence-electron chi connectivity index (χ2n) is 4.69. The maximum absolute atomic E-state index is 6.25. The summed E-state index contributed by atoms with van der Waals surface area (Å²) in [5.74, 6) is 1.74. The van der Waals surface area contributed by atoms with E-state index in [1.54, 1.807) is 18.9 Å². The van der Waals surface area contributed by atoms with Crippen LogP contribution in [0, 0.1) is 0 Å². The first kappa shape index (κ1) is 16.9. The Morgan fingerprint density at radius 1 is 1.14 bits per heavy atom. The Morgan fingerprint density at radius 3 is 2.52 bits per heavy atom. The quantitative estimate of drug-likeness (QED) is 0.663. The molecule has 2 N–H and O–H groups in total. The third-order valence-electron chi connectivity index (χ3n) is 3.01. The van der Waals surface area contributed by atoms with Gasteiger partial charge in [-0.25, -0.2) is 0 Å². The number of hydrogen-bond donors (Lipinski definition) is 1. The second-order valence-corrected chi connectivity index (χ2v) is 7.55. The van der Waals surface area contributed by atoms with Crippen molar-refractivity contribution >= 4 is 43.6 Å². The zero-order valence-electron chi connectivity index (χ0n) is 11.7. The van der Waals surface area contributed by atoms with Gasteiger partial charge in [-0.15, -0.1) is 11.8 Å². The Labute approximate surface area is 146 Å². The molecule has 112 valence electrons. The van der Waals surface area contributed by atoms with E-state index in [0.29, 0.717) is 0 Å². The Bertz CT molecular complexity index is 589. The van der Waals surface area contributed by atoms with E-state index in [9.17, 15) is 0 Å². The van der Waals surface area contributed by atoms with Gasteiger partial charge in [0.1, 0.15) is 5.75 Å². The van der Waals surface area contributed by atoms with Crippen LogP contribution < -0.4 is 10.5 Å². The van der Waals surface area contributed by atoms with E-state index < -0.39 is 0 Å². The van der Waals surface area contributed by atoms with Crippen LogP contribution in [-0.4, -0.2) is 18.9 Å². The zero-order chi connectivity index (χ0) is 15.2. The Balaban J connectivity index is 1.92. The van der Waals surface area contributed by atoms with E-state index in [2.05, 4.69) is 44.0 Å². The topological polar surface area (TPSA) is 35.2 Å². The van der Waals surface area contributed by atoms with E-state index in [0.717, 1.165) is 26.9 Å². The molecule has 0 heterocycles. The molecule has 2 rings (SSSR count). The van der Waals surface area contributed by atoms with Gasteiger partial charge in [-0.05, 0) is 54.4 Å². The first-order valence-corrected chi connectivity index (χ1v) is 9.12. The van der Waals surface area contributed by atoms with Gasteiger partial charge in [-0.2, -0.15) is 0 Å². The maximum atomic E-state index is 6.25. The highest BCUT2D eigenvalue weighted by Crippen LogP contribution is 2.25. The summed E-state index contributed by atoms with van der Waals surface area (Å²) in [7, 11) is 1.68. The van der Waals surface area contributed by atoms with Gasteiger partial charge in [0.25, 0.3) is 0 Å². The number of rotatable bonds is 6. The van der Waals surface area contributed by atoms with E-state index in [-0.39, 0.29) is 6.04 Å². The molecular weight excluding hydrogens is 414 g/mol. The second kappa shape index (κ2) is 8.22. The average molecular weight is 431 g/mol. The Morgan fingerprint density at radius 2 is 1.86 bits per heavy atom. The molecule has 5 heteroatoms. The van der Waals surface area contributed by atoms with Crippen molar-refractivity contribution in [2.45, 2.75) is 17.4 Å². The van der Waals surface area contributed by atoms with Crippen LogP contribution in [0.4, 0.5) is 0 Å². The highest BCUT2D eigenvalue weighted by Gasteiger charge is 2.09. The van der Waals surface area contributed by atoms with Crippen LogP contribution in [0.15, 0.2) is 56.3 Å². The van der Waals surface area contributed by atoms with E-state index in [4.69, 9.17) is 10.5 Å². The van der Waals surface area contributed by atoms with Crippen molar-refractivity contribution in [2.75, 3.05) is 12.9 Å². The summed E-state index contributed by atoms with van der Waals surface area (Å²) in [6, 6.07) is 14.4. The largest absolute Gasteiger partial charge is 0.497 e. The fourth-order valence-electron chi connectivity index (χ4n) is 1.91. The number of halogens is 2. The molecule has 0 amide bonds. The lowest BCUT2D eigenvalue weighted by Crippen LogP contribution is -2.25. The van der Waals surface area contributed by atoms with Gasteiger partial charge < -0.3 is 10.5 Å². The third kappa shape index (κ3) is 5.33. The molecule has 0 fully saturated rings. The number of benzene rings is 2. The number of thioether (sulfide) groups is 1. The van der Waals surface area contributed by atoms with E-state index >= 15 is 0 Å². The molecular formula is C16H17Br2NOS. The first-order valence-electron chi connectivity index (χ1n) is 6.55. The summed E-state index contributed by atoms with van der Waals surface area (Å²) in [6.45, 7) is 0. The molecule has 2 aromatic carbocycles. The minimum Gasteiger partial charge on any atom is -0.497 e. The molecule has 0 spiro atoms. The van der Waals surface area contributed by atoms with Gasteiger partial charge in [-0.1, -0.05) is 31.9 Å². The lowest BCUT2D eigenvalue weighted by molar-refractivity contribution is 0.414. The minimum atomic E-state index is 0.0991. The molecule has 0 aliphatic carbocycles. The van der Waals surface area contributed by atoms with Crippen molar-refractivity contribution in [1.82, 2.24) is 0 Å². The van der Waals surface area contributed by atoms with Crippen molar-refractivity contribution < 1.29 is 4.74 Å². The van der Waals surface area contributed by atoms with Crippen LogP contribution in [0.25, 0.3) is 0 Å². The molecule has 0 aromatic heterocycles. The van der Waals surface area contributed by atoms with Gasteiger partial charge in [-0.3, -0.25) is 0 Å². The average Bonchev–Trinajstić information content (AvgIpc) is 2.49. The predicted molar refractivity (Wildman–Crippen MR) is 97.2 cm³/mol. The van der Waals surface area contributed by atoms with Crippen molar-refractivity contribution in [3.63, 3.8) is 0 Å². The van der Waals surface area contributed by atoms with Gasteiger partial charge in [0.2, 0.25) is 0 Å². The fraction of sp³-hybridized carbons (Fsp3) is 0.250. The van der Waals surface area contributed by atoms with Crippen LogP contribution in [0.5, 0.6) is 5.75 Å². The fourth-order valence-corrected chi connectivity index (χ4v) is 3.44. The van der Waals surface area contributed by atoms with Crippen molar-refractivity contribution in [1.29, 1.82) is 0 Å². The Hall–Kier alpha value is -0.490. The van der Waals surface area contributed by atoms with E-state index in [1.807, 2.05) is 30.3 Å². The lowest BCUT2D eigenvalue weighted by atomic mass is 10.1. The molecule has 0 radical (unpaired) electrons.